The number of benzene rings is 1. The Hall–Kier alpha value is -5.61. The lowest BCUT2D eigenvalue weighted by atomic mass is 10.0. The van der Waals surface area contributed by atoms with Gasteiger partial charge in [0.25, 0.3) is 17.6 Å². The Morgan fingerprint density at radius 3 is 2.57 bits per heavy atom. The molecule has 2 aliphatic rings. The predicted molar refractivity (Wildman–Crippen MR) is 169 cm³/mol. The van der Waals surface area contributed by atoms with E-state index in [9.17, 15) is 49.5 Å². The number of hydrogen-bond acceptors (Lipinski definition) is 17. The van der Waals surface area contributed by atoms with Crippen molar-refractivity contribution in [3.05, 3.63) is 57.9 Å². The van der Waals surface area contributed by atoms with Gasteiger partial charge in [0, 0.05) is 22.4 Å². The van der Waals surface area contributed by atoms with Crippen LogP contribution >= 0.6 is 34.9 Å². The molecule has 2 aromatic heterocycles. The van der Waals surface area contributed by atoms with Gasteiger partial charge in [0.15, 0.2) is 27.9 Å². The number of aromatic nitrogens is 3. The summed E-state index contributed by atoms with van der Waals surface area (Å²) in [6, 6.07) is 1.88. The monoisotopic (exact) mass is 732 g/mol. The van der Waals surface area contributed by atoms with E-state index in [1.807, 2.05) is 0 Å². The van der Waals surface area contributed by atoms with Crippen LogP contribution in [-0.4, -0.2) is 93.6 Å². The molecule has 9 N–H and O–H groups in total. The van der Waals surface area contributed by atoms with Crippen LogP contribution in [0.25, 0.3) is 0 Å². The third-order valence-corrected chi connectivity index (χ3v) is 10.1. The van der Waals surface area contributed by atoms with Gasteiger partial charge in [0.2, 0.25) is 6.10 Å². The molecule has 1 aromatic carbocycles. The van der Waals surface area contributed by atoms with Crippen molar-refractivity contribution in [1.29, 1.82) is 0 Å². The maximum atomic E-state index is 13.5. The van der Waals surface area contributed by atoms with E-state index in [0.29, 0.717) is 5.57 Å². The van der Waals surface area contributed by atoms with E-state index in [2.05, 4.69) is 20.4 Å². The van der Waals surface area contributed by atoms with Crippen LogP contribution in [0, 0.1) is 0 Å². The molecule has 5 rings (SSSR count). The number of phenols is 2. The maximum absolute atomic E-state index is 13.5. The number of aryl methyl sites for hydroxylation is 1. The van der Waals surface area contributed by atoms with Gasteiger partial charge in [0.05, 0.1) is 18.7 Å². The SMILES string of the molecule is C[n+]1cc(C(=O)O)c(N)nc1SCC1=C(C(=O)[O-])N2C(=O)C(NC(=O)/C(=N\OC(C(=O)O)c3ccc(O)c(O)c3)c3csc(N)n3)C2SC1. The van der Waals surface area contributed by atoms with Gasteiger partial charge in [-0.15, -0.1) is 23.1 Å². The van der Waals surface area contributed by atoms with Crippen LogP contribution in [0.15, 0.2) is 51.4 Å². The fraction of sp³-hybridized carbons (Fsp3) is 0.222. The number of aromatic hydroxyl groups is 2. The van der Waals surface area contributed by atoms with E-state index in [1.54, 1.807) is 0 Å². The Morgan fingerprint density at radius 1 is 1.22 bits per heavy atom. The number of thiazole rings is 1. The number of aromatic carboxylic acids is 1. The van der Waals surface area contributed by atoms with Crippen LogP contribution in [0.4, 0.5) is 10.9 Å². The fourth-order valence-corrected chi connectivity index (χ4v) is 7.64. The number of carbonyl (C=O) groups is 5. The minimum absolute atomic E-state index is 0.0273. The summed E-state index contributed by atoms with van der Waals surface area (Å²) in [5, 5.41) is 57.5. The third kappa shape index (κ3) is 7.00. The van der Waals surface area contributed by atoms with E-state index in [0.717, 1.165) is 58.0 Å². The number of phenolic OH excluding ortho intramolecular Hbond substituents is 2. The molecule has 19 nitrogen and oxygen atoms in total. The van der Waals surface area contributed by atoms with E-state index in [-0.39, 0.29) is 44.4 Å². The number of nitrogens with two attached hydrogens (primary N) is 2. The summed E-state index contributed by atoms with van der Waals surface area (Å²) in [6.07, 6.45) is -0.586. The lowest BCUT2D eigenvalue weighted by Crippen LogP contribution is -2.71. The highest BCUT2D eigenvalue weighted by molar-refractivity contribution is 8.01. The molecule has 3 unspecified atom stereocenters. The number of β-lactam (4-membered cyclic amide) rings is 1. The minimum atomic E-state index is -1.85. The number of carboxylic acid groups (broad SMARTS) is 3. The first-order chi connectivity index (χ1) is 23.2. The first kappa shape index (κ1) is 34.7. The summed E-state index contributed by atoms with van der Waals surface area (Å²) in [4.78, 5) is 76.5. The summed E-state index contributed by atoms with van der Waals surface area (Å²) in [6.45, 7) is 0. The topological polar surface area (TPSA) is 308 Å². The molecule has 2 aliphatic heterocycles. The Kier molecular flexibility index (Phi) is 9.82. The molecule has 2 amide bonds. The van der Waals surface area contributed by atoms with Crippen LogP contribution in [0.1, 0.15) is 27.7 Å². The molecule has 1 fully saturated rings. The highest BCUT2D eigenvalue weighted by atomic mass is 32.2. The first-order valence-corrected chi connectivity index (χ1v) is 16.5. The molecule has 1 saturated heterocycles. The number of rotatable bonds is 12. The molecular weight excluding hydrogens is 709 g/mol. The molecule has 22 heteroatoms. The largest absolute Gasteiger partial charge is 0.543 e. The van der Waals surface area contributed by atoms with E-state index >= 15 is 0 Å². The van der Waals surface area contributed by atoms with Crippen molar-refractivity contribution in [2.75, 3.05) is 23.0 Å². The molecule has 3 atom stereocenters. The standard InChI is InChI=1S/C27H24N8O11S3/c1-34-5-11(23(40)41)19(28)32-27(34)49-7-10-6-47-22-16(21(39)35(22)17(10)24(42)43)31-20(38)15(12-8-48-26(29)30-12)33-46-18(25(44)45)9-2-3-13(36)14(37)4-9/h2-5,8,16,18,22,28H,6-7H2,1H3,(H8,29,30,31,33,36,37,38,40,41,42,43,44,45). The van der Waals surface area contributed by atoms with Crippen LogP contribution in [0.3, 0.4) is 0 Å². The van der Waals surface area contributed by atoms with Crippen LogP contribution < -0.4 is 26.5 Å². The first-order valence-electron chi connectivity index (χ1n) is 13.6. The van der Waals surface area contributed by atoms with Crippen molar-refractivity contribution in [3.63, 3.8) is 0 Å². The van der Waals surface area contributed by atoms with Crippen molar-refractivity contribution in [2.45, 2.75) is 22.7 Å². The molecule has 256 valence electrons. The van der Waals surface area contributed by atoms with Crippen LogP contribution in [0.2, 0.25) is 0 Å². The lowest BCUT2D eigenvalue weighted by Gasteiger charge is -2.50. The Labute approximate surface area is 286 Å². The number of amides is 2. The zero-order valence-corrected chi connectivity index (χ0v) is 27.2. The van der Waals surface area contributed by atoms with Crippen LogP contribution in [-0.2, 0) is 31.1 Å². The summed E-state index contributed by atoms with van der Waals surface area (Å²) >= 11 is 3.14. The molecule has 0 spiro atoms. The van der Waals surface area contributed by atoms with Crippen LogP contribution in [0.5, 0.6) is 11.5 Å². The average Bonchev–Trinajstić information content (AvgIpc) is 3.47. The third-order valence-electron chi connectivity index (χ3n) is 7.01. The summed E-state index contributed by atoms with van der Waals surface area (Å²) in [5.74, 6) is -7.51. The zero-order valence-electron chi connectivity index (χ0n) is 24.8. The molecule has 0 aliphatic carbocycles. The van der Waals surface area contributed by atoms with Gasteiger partial charge >= 0.3 is 17.1 Å². The number of carboxylic acids is 3. The fourth-order valence-electron chi connectivity index (χ4n) is 4.66. The van der Waals surface area contributed by atoms with Crippen molar-refractivity contribution in [2.24, 2.45) is 12.2 Å². The van der Waals surface area contributed by atoms with E-state index in [4.69, 9.17) is 16.3 Å². The number of oxime groups is 1. The number of hydrogen-bond donors (Lipinski definition) is 7. The molecular formula is C27H24N8O11S3. The molecule has 0 saturated carbocycles. The number of thioether (sulfide) groups is 2. The highest BCUT2D eigenvalue weighted by Crippen LogP contribution is 2.41. The maximum Gasteiger partial charge on any atom is 0.361 e. The summed E-state index contributed by atoms with van der Waals surface area (Å²) in [7, 11) is 1.54. The van der Waals surface area contributed by atoms with Gasteiger partial charge < -0.3 is 51.9 Å². The van der Waals surface area contributed by atoms with Gasteiger partial charge in [-0.2, -0.15) is 0 Å². The van der Waals surface area contributed by atoms with Gasteiger partial charge in [-0.05, 0) is 34.5 Å². The molecule has 0 bridgehead atoms. The molecule has 3 aromatic rings. The van der Waals surface area contributed by atoms with Crippen molar-refractivity contribution >= 4 is 81.2 Å². The molecule has 0 radical (unpaired) electrons. The normalized spacial score (nSPS) is 17.9. The number of nitrogen functional groups attached to an aromatic ring is 2. The molecule has 4 heterocycles. The van der Waals surface area contributed by atoms with Gasteiger partial charge in [-0.1, -0.05) is 11.2 Å². The summed E-state index contributed by atoms with van der Waals surface area (Å²) < 4.78 is 1.41. The van der Waals surface area contributed by atoms with Crippen molar-refractivity contribution < 1.29 is 58.9 Å². The second-order valence-corrected chi connectivity index (χ2v) is 13.1. The number of anilines is 2. The smallest absolute Gasteiger partial charge is 0.361 e. The lowest BCUT2D eigenvalue weighted by molar-refractivity contribution is -0.713. The van der Waals surface area contributed by atoms with E-state index < -0.39 is 70.1 Å². The predicted octanol–water partition coefficient (Wildman–Crippen LogP) is -1.62. The van der Waals surface area contributed by atoms with Gasteiger partial charge in [-0.3, -0.25) is 14.5 Å². The highest BCUT2D eigenvalue weighted by Gasteiger charge is 2.53. The van der Waals surface area contributed by atoms with Gasteiger partial charge in [0.1, 0.15) is 23.3 Å². The second kappa shape index (κ2) is 13.9. The quantitative estimate of drug-likeness (QED) is 0.0209. The molecule has 49 heavy (non-hydrogen) atoms. The average molecular weight is 733 g/mol. The van der Waals surface area contributed by atoms with Crippen molar-refractivity contribution in [1.82, 2.24) is 20.2 Å². The Morgan fingerprint density at radius 2 is 1.96 bits per heavy atom. The van der Waals surface area contributed by atoms with Gasteiger partial charge in [-0.25, -0.2) is 19.1 Å². The number of nitrogens with one attached hydrogen (secondary N) is 1. The second-order valence-electron chi connectivity index (χ2n) is 10.2. The summed E-state index contributed by atoms with van der Waals surface area (Å²) in [5.41, 5.74) is 10.3. The number of fused-ring (bicyclic) bond motifs is 1. The zero-order chi connectivity index (χ0) is 35.7. The van der Waals surface area contributed by atoms with Crippen molar-refractivity contribution in [3.8, 4) is 11.5 Å². The van der Waals surface area contributed by atoms with E-state index in [1.165, 1.54) is 23.2 Å². The Bertz CT molecular complexity index is 1970. The number of aliphatic carboxylic acids is 2. The number of nitrogens with zero attached hydrogens (tertiary/aromatic N) is 5. The number of carbonyl (C=O) groups excluding carboxylic acids is 3. The minimum Gasteiger partial charge on any atom is -0.543 e. The Balaban J connectivity index is 1.35.